The maximum absolute atomic E-state index is 9.50. The summed E-state index contributed by atoms with van der Waals surface area (Å²) < 4.78 is 5.18. The molecule has 2 aliphatic rings. The Morgan fingerprint density at radius 3 is 2.54 bits per heavy atom. The van der Waals surface area contributed by atoms with Gasteiger partial charge in [-0.3, -0.25) is 0 Å². The van der Waals surface area contributed by atoms with Crippen LogP contribution in [-0.4, -0.2) is 25.4 Å². The largest absolute Gasteiger partial charge is 0.396 e. The molecule has 0 amide bonds. The summed E-state index contributed by atoms with van der Waals surface area (Å²) in [6, 6.07) is 0. The first-order valence-corrected chi connectivity index (χ1v) is 5.31. The molecule has 0 heterocycles. The van der Waals surface area contributed by atoms with Gasteiger partial charge in [0.25, 0.3) is 0 Å². The van der Waals surface area contributed by atoms with Gasteiger partial charge in [0.05, 0.1) is 0 Å². The van der Waals surface area contributed by atoms with Gasteiger partial charge in [0.15, 0.2) is 0 Å². The average molecular weight is 184 g/mol. The Morgan fingerprint density at radius 1 is 1.46 bits per heavy atom. The van der Waals surface area contributed by atoms with Crippen molar-refractivity contribution < 1.29 is 9.84 Å². The van der Waals surface area contributed by atoms with Gasteiger partial charge in [-0.25, -0.2) is 0 Å². The summed E-state index contributed by atoms with van der Waals surface area (Å²) in [6.07, 6.45) is 3.89. The molecule has 0 aliphatic heterocycles. The van der Waals surface area contributed by atoms with E-state index in [-0.39, 0.29) is 5.41 Å². The van der Waals surface area contributed by atoms with E-state index in [1.807, 2.05) is 0 Å². The Hall–Kier alpha value is -0.0800. The van der Waals surface area contributed by atoms with Crippen LogP contribution in [0.25, 0.3) is 0 Å². The van der Waals surface area contributed by atoms with Gasteiger partial charge < -0.3 is 9.84 Å². The van der Waals surface area contributed by atoms with Crippen molar-refractivity contribution >= 4 is 0 Å². The summed E-state index contributed by atoms with van der Waals surface area (Å²) in [5.74, 6) is 2.38. The van der Waals surface area contributed by atoms with Gasteiger partial charge in [-0.15, -0.1) is 0 Å². The normalized spacial score (nSPS) is 44.5. The molecular weight excluding hydrogens is 164 g/mol. The Labute approximate surface area is 80.3 Å². The number of ether oxygens (including phenoxy) is 1. The topological polar surface area (TPSA) is 29.5 Å². The van der Waals surface area contributed by atoms with Crippen LogP contribution >= 0.6 is 0 Å². The summed E-state index contributed by atoms with van der Waals surface area (Å²) in [4.78, 5) is 0. The minimum Gasteiger partial charge on any atom is -0.396 e. The Bertz CT molecular complexity index is 181. The fraction of sp³-hybridized carbons (Fsp3) is 1.00. The Balaban J connectivity index is 1.98. The first-order chi connectivity index (χ1) is 6.22. The van der Waals surface area contributed by atoms with Gasteiger partial charge in [0.1, 0.15) is 0 Å². The third-order valence-corrected chi connectivity index (χ3v) is 4.18. The van der Waals surface area contributed by atoms with Crippen LogP contribution < -0.4 is 0 Å². The third kappa shape index (κ3) is 1.50. The minimum atomic E-state index is 0.198. The zero-order valence-electron chi connectivity index (χ0n) is 8.62. The van der Waals surface area contributed by atoms with E-state index in [9.17, 15) is 5.11 Å². The summed E-state index contributed by atoms with van der Waals surface area (Å²) in [7, 11) is 1.75. The van der Waals surface area contributed by atoms with Crippen molar-refractivity contribution in [3.05, 3.63) is 0 Å². The molecule has 0 radical (unpaired) electrons. The van der Waals surface area contributed by atoms with Gasteiger partial charge in [-0.05, 0) is 42.4 Å². The van der Waals surface area contributed by atoms with Crippen molar-refractivity contribution in [2.75, 3.05) is 20.3 Å². The second-order valence-corrected chi connectivity index (χ2v) is 5.04. The lowest BCUT2D eigenvalue weighted by atomic mass is 9.73. The van der Waals surface area contributed by atoms with Gasteiger partial charge in [-0.2, -0.15) is 0 Å². The highest BCUT2D eigenvalue weighted by Crippen LogP contribution is 2.62. The van der Waals surface area contributed by atoms with Crippen LogP contribution in [-0.2, 0) is 4.74 Å². The highest BCUT2D eigenvalue weighted by molar-refractivity contribution is 5.04. The monoisotopic (exact) mass is 184 g/mol. The van der Waals surface area contributed by atoms with Crippen LogP contribution in [0.2, 0.25) is 0 Å². The van der Waals surface area contributed by atoms with E-state index in [2.05, 4.69) is 6.92 Å². The molecule has 0 aromatic rings. The van der Waals surface area contributed by atoms with E-state index in [1.54, 1.807) is 7.11 Å². The van der Waals surface area contributed by atoms with Crippen molar-refractivity contribution in [2.24, 2.45) is 23.2 Å². The second-order valence-electron chi connectivity index (χ2n) is 5.04. The van der Waals surface area contributed by atoms with Crippen LogP contribution in [0.5, 0.6) is 0 Å². The second kappa shape index (κ2) is 3.25. The van der Waals surface area contributed by atoms with Gasteiger partial charge in [0, 0.05) is 20.3 Å². The van der Waals surface area contributed by atoms with E-state index in [1.165, 1.54) is 19.3 Å². The summed E-state index contributed by atoms with van der Waals surface area (Å²) in [5.41, 5.74) is 0.198. The molecule has 2 heteroatoms. The van der Waals surface area contributed by atoms with Crippen molar-refractivity contribution in [1.29, 1.82) is 0 Å². The molecule has 3 atom stereocenters. The molecule has 0 saturated heterocycles. The molecule has 3 unspecified atom stereocenters. The smallest absolute Gasteiger partial charge is 0.0494 e. The van der Waals surface area contributed by atoms with Crippen LogP contribution in [0.4, 0.5) is 0 Å². The third-order valence-electron chi connectivity index (χ3n) is 4.18. The number of aliphatic hydroxyl groups excluding tert-OH is 1. The van der Waals surface area contributed by atoms with Crippen LogP contribution in [0, 0.1) is 23.2 Å². The highest BCUT2D eigenvalue weighted by Gasteiger charge is 2.55. The van der Waals surface area contributed by atoms with Crippen molar-refractivity contribution in [2.45, 2.75) is 26.2 Å². The minimum absolute atomic E-state index is 0.198. The maximum Gasteiger partial charge on any atom is 0.0494 e. The number of aliphatic hydroxyl groups is 1. The standard InChI is InChI=1S/C11H20O2/c1-8(6-13-2)11(7-12)4-9-3-10(9)5-11/h8-10,12H,3-7H2,1-2H3. The number of fused-ring (bicyclic) bond motifs is 1. The summed E-state index contributed by atoms with van der Waals surface area (Å²) in [5, 5.41) is 9.50. The lowest BCUT2D eigenvalue weighted by Crippen LogP contribution is -2.34. The number of rotatable bonds is 4. The van der Waals surface area contributed by atoms with E-state index >= 15 is 0 Å². The fourth-order valence-electron chi connectivity index (χ4n) is 3.05. The number of hydrogen-bond donors (Lipinski definition) is 1. The highest BCUT2D eigenvalue weighted by atomic mass is 16.5. The quantitative estimate of drug-likeness (QED) is 0.720. The van der Waals surface area contributed by atoms with E-state index in [0.29, 0.717) is 12.5 Å². The maximum atomic E-state index is 9.50. The zero-order valence-corrected chi connectivity index (χ0v) is 8.62. The van der Waals surface area contributed by atoms with E-state index in [4.69, 9.17) is 4.74 Å². The molecule has 2 aliphatic carbocycles. The predicted molar refractivity (Wildman–Crippen MR) is 51.4 cm³/mol. The van der Waals surface area contributed by atoms with Crippen LogP contribution in [0.3, 0.4) is 0 Å². The molecule has 0 bridgehead atoms. The molecule has 2 nitrogen and oxygen atoms in total. The zero-order chi connectivity index (χ0) is 9.47. The lowest BCUT2D eigenvalue weighted by Gasteiger charge is -2.34. The van der Waals surface area contributed by atoms with E-state index < -0.39 is 0 Å². The van der Waals surface area contributed by atoms with Crippen LogP contribution in [0.15, 0.2) is 0 Å². The lowest BCUT2D eigenvalue weighted by molar-refractivity contribution is 0.0176. The molecule has 2 rings (SSSR count). The van der Waals surface area contributed by atoms with Gasteiger partial charge >= 0.3 is 0 Å². The first-order valence-electron chi connectivity index (χ1n) is 5.31. The van der Waals surface area contributed by atoms with E-state index in [0.717, 1.165) is 18.4 Å². The molecule has 0 aromatic carbocycles. The molecule has 2 saturated carbocycles. The van der Waals surface area contributed by atoms with Gasteiger partial charge in [0.2, 0.25) is 0 Å². The van der Waals surface area contributed by atoms with Crippen LogP contribution in [0.1, 0.15) is 26.2 Å². The molecule has 76 valence electrons. The SMILES string of the molecule is COCC(C)C1(CO)CC2CC2C1. The average Bonchev–Trinajstić information content (AvgIpc) is 2.74. The Morgan fingerprint density at radius 2 is 2.08 bits per heavy atom. The van der Waals surface area contributed by atoms with Crippen molar-refractivity contribution in [3.63, 3.8) is 0 Å². The molecule has 0 spiro atoms. The molecular formula is C11H20O2. The van der Waals surface area contributed by atoms with Crippen molar-refractivity contribution in [3.8, 4) is 0 Å². The van der Waals surface area contributed by atoms with Crippen molar-refractivity contribution in [1.82, 2.24) is 0 Å². The molecule has 0 aromatic heterocycles. The predicted octanol–water partition coefficient (Wildman–Crippen LogP) is 1.68. The van der Waals surface area contributed by atoms with Gasteiger partial charge in [-0.1, -0.05) is 6.92 Å². The number of methoxy groups -OCH3 is 1. The fourth-order valence-corrected chi connectivity index (χ4v) is 3.05. The first kappa shape index (κ1) is 9.47. The summed E-state index contributed by atoms with van der Waals surface area (Å²) >= 11 is 0. The summed E-state index contributed by atoms with van der Waals surface area (Å²) in [6.45, 7) is 3.36. The molecule has 13 heavy (non-hydrogen) atoms. The molecule has 1 N–H and O–H groups in total. The number of hydrogen-bond acceptors (Lipinski definition) is 2. The Kier molecular flexibility index (Phi) is 2.37. The molecule has 2 fully saturated rings.